The van der Waals surface area contributed by atoms with Gasteiger partial charge in [0, 0.05) is 29.4 Å². The van der Waals surface area contributed by atoms with E-state index >= 15 is 0 Å². The van der Waals surface area contributed by atoms with E-state index in [0.717, 1.165) is 35.1 Å². The molecule has 0 aliphatic carbocycles. The van der Waals surface area contributed by atoms with Gasteiger partial charge in [-0.15, -0.1) is 0 Å². The Morgan fingerprint density at radius 1 is 0.962 bits per heavy atom. The van der Waals surface area contributed by atoms with Crippen LogP contribution in [0.1, 0.15) is 20.3 Å². The largest absolute Gasteiger partial charge is 0.497 e. The summed E-state index contributed by atoms with van der Waals surface area (Å²) in [5.74, 6) is 3.02. The maximum absolute atomic E-state index is 5.29. The molecule has 0 saturated heterocycles. The summed E-state index contributed by atoms with van der Waals surface area (Å²) in [6, 6.07) is 20.0. The normalized spacial score (nSPS) is 11.7. The molecule has 1 atom stereocenters. The van der Waals surface area contributed by atoms with Crippen molar-refractivity contribution < 1.29 is 4.74 Å². The first-order valence-corrected chi connectivity index (χ1v) is 8.80. The lowest BCUT2D eigenvalue weighted by atomic mass is 10.2. The van der Waals surface area contributed by atoms with Crippen molar-refractivity contribution in [3.8, 4) is 17.1 Å². The fourth-order valence-corrected chi connectivity index (χ4v) is 2.50. The SMILES string of the molecule is CCC(C)Nc1cc(Nc2cccc(OC)c2)nc(-c2ccccc2)n1. The average molecular weight is 348 g/mol. The van der Waals surface area contributed by atoms with E-state index in [1.54, 1.807) is 7.11 Å². The molecule has 3 aromatic rings. The summed E-state index contributed by atoms with van der Waals surface area (Å²) in [5.41, 5.74) is 1.89. The molecule has 5 heteroatoms. The van der Waals surface area contributed by atoms with Gasteiger partial charge in [-0.25, -0.2) is 9.97 Å². The number of hydrogen-bond donors (Lipinski definition) is 2. The van der Waals surface area contributed by atoms with Crippen LogP contribution in [-0.4, -0.2) is 23.1 Å². The van der Waals surface area contributed by atoms with Gasteiger partial charge in [-0.2, -0.15) is 0 Å². The van der Waals surface area contributed by atoms with Gasteiger partial charge in [0.2, 0.25) is 0 Å². The van der Waals surface area contributed by atoms with Crippen molar-refractivity contribution in [2.24, 2.45) is 0 Å². The van der Waals surface area contributed by atoms with Gasteiger partial charge in [-0.1, -0.05) is 43.3 Å². The van der Waals surface area contributed by atoms with Crippen LogP contribution in [0.15, 0.2) is 60.7 Å². The van der Waals surface area contributed by atoms with Crippen molar-refractivity contribution in [3.05, 3.63) is 60.7 Å². The number of rotatable bonds is 7. The highest BCUT2D eigenvalue weighted by Gasteiger charge is 2.09. The van der Waals surface area contributed by atoms with Gasteiger partial charge in [-0.3, -0.25) is 0 Å². The highest BCUT2D eigenvalue weighted by atomic mass is 16.5. The van der Waals surface area contributed by atoms with Crippen LogP contribution >= 0.6 is 0 Å². The maximum Gasteiger partial charge on any atom is 0.163 e. The van der Waals surface area contributed by atoms with Gasteiger partial charge in [0.05, 0.1) is 7.11 Å². The van der Waals surface area contributed by atoms with Crippen LogP contribution in [-0.2, 0) is 0 Å². The number of benzene rings is 2. The van der Waals surface area contributed by atoms with Crippen LogP contribution in [0.5, 0.6) is 5.75 Å². The summed E-state index contributed by atoms with van der Waals surface area (Å²) in [5, 5.41) is 6.78. The molecule has 1 heterocycles. The molecule has 0 bridgehead atoms. The molecule has 2 N–H and O–H groups in total. The van der Waals surface area contributed by atoms with Crippen molar-refractivity contribution in [1.82, 2.24) is 9.97 Å². The van der Waals surface area contributed by atoms with E-state index in [1.165, 1.54) is 0 Å². The Kier molecular flexibility index (Phi) is 5.69. The Bertz CT molecular complexity index is 852. The quantitative estimate of drug-likeness (QED) is 0.621. The van der Waals surface area contributed by atoms with E-state index in [2.05, 4.69) is 34.4 Å². The van der Waals surface area contributed by atoms with Crippen LogP contribution in [0.2, 0.25) is 0 Å². The van der Waals surface area contributed by atoms with E-state index in [9.17, 15) is 0 Å². The zero-order chi connectivity index (χ0) is 18.4. The van der Waals surface area contributed by atoms with Crippen LogP contribution in [0, 0.1) is 0 Å². The van der Waals surface area contributed by atoms with Gasteiger partial charge in [0.25, 0.3) is 0 Å². The van der Waals surface area contributed by atoms with Crippen LogP contribution in [0.4, 0.5) is 17.3 Å². The van der Waals surface area contributed by atoms with Gasteiger partial charge >= 0.3 is 0 Å². The summed E-state index contributed by atoms with van der Waals surface area (Å²) in [7, 11) is 1.66. The Morgan fingerprint density at radius 3 is 2.46 bits per heavy atom. The van der Waals surface area contributed by atoms with E-state index in [4.69, 9.17) is 4.74 Å². The Morgan fingerprint density at radius 2 is 1.73 bits per heavy atom. The molecule has 0 radical (unpaired) electrons. The van der Waals surface area contributed by atoms with Gasteiger partial charge in [0.15, 0.2) is 5.82 Å². The molecule has 0 fully saturated rings. The smallest absolute Gasteiger partial charge is 0.163 e. The summed E-state index contributed by atoms with van der Waals surface area (Å²) in [4.78, 5) is 9.36. The third kappa shape index (κ3) is 4.51. The first-order valence-electron chi connectivity index (χ1n) is 8.80. The lowest BCUT2D eigenvalue weighted by molar-refractivity contribution is 0.415. The highest BCUT2D eigenvalue weighted by molar-refractivity contribution is 5.65. The van der Waals surface area contributed by atoms with Crippen molar-refractivity contribution in [3.63, 3.8) is 0 Å². The standard InChI is InChI=1S/C21H24N4O/c1-4-15(2)22-19-14-20(23-17-11-8-12-18(13-17)26-3)25-21(24-19)16-9-6-5-7-10-16/h5-15H,4H2,1-3H3,(H2,22,23,24,25). The van der Waals surface area contributed by atoms with Gasteiger partial charge in [-0.05, 0) is 25.5 Å². The maximum atomic E-state index is 5.29. The topological polar surface area (TPSA) is 59.1 Å². The zero-order valence-electron chi connectivity index (χ0n) is 15.4. The minimum Gasteiger partial charge on any atom is -0.497 e. The van der Waals surface area contributed by atoms with E-state index in [0.29, 0.717) is 11.9 Å². The first kappa shape index (κ1) is 17.7. The Labute approximate surface area is 154 Å². The monoisotopic (exact) mass is 348 g/mol. The summed E-state index contributed by atoms with van der Waals surface area (Å²) < 4.78 is 5.29. The molecule has 0 aliphatic rings. The predicted octanol–water partition coefficient (Wildman–Crippen LogP) is 5.11. The first-order chi connectivity index (χ1) is 12.7. The summed E-state index contributed by atoms with van der Waals surface area (Å²) in [6.07, 6.45) is 1.02. The predicted molar refractivity (Wildman–Crippen MR) is 107 cm³/mol. The molecule has 134 valence electrons. The molecular formula is C21H24N4O. The number of nitrogens with one attached hydrogen (secondary N) is 2. The lowest BCUT2D eigenvalue weighted by Crippen LogP contribution is -2.15. The molecule has 26 heavy (non-hydrogen) atoms. The molecule has 2 aromatic carbocycles. The van der Waals surface area contributed by atoms with Crippen LogP contribution < -0.4 is 15.4 Å². The molecule has 5 nitrogen and oxygen atoms in total. The minimum atomic E-state index is 0.332. The molecule has 3 rings (SSSR count). The second-order valence-corrected chi connectivity index (χ2v) is 6.14. The third-order valence-corrected chi connectivity index (χ3v) is 4.11. The number of nitrogens with zero attached hydrogens (tertiary/aromatic N) is 2. The molecular weight excluding hydrogens is 324 g/mol. The van der Waals surface area contributed by atoms with Gasteiger partial charge < -0.3 is 15.4 Å². The number of anilines is 3. The lowest BCUT2D eigenvalue weighted by Gasteiger charge is -2.15. The van der Waals surface area contributed by atoms with Crippen molar-refractivity contribution in [1.29, 1.82) is 0 Å². The number of ether oxygens (including phenoxy) is 1. The van der Waals surface area contributed by atoms with E-state index in [1.807, 2.05) is 60.7 Å². The second kappa shape index (κ2) is 8.34. The molecule has 0 saturated carbocycles. The third-order valence-electron chi connectivity index (χ3n) is 4.11. The van der Waals surface area contributed by atoms with Crippen LogP contribution in [0.25, 0.3) is 11.4 Å². The number of aromatic nitrogens is 2. The van der Waals surface area contributed by atoms with Crippen molar-refractivity contribution >= 4 is 17.3 Å². The zero-order valence-corrected chi connectivity index (χ0v) is 15.4. The van der Waals surface area contributed by atoms with Crippen molar-refractivity contribution in [2.45, 2.75) is 26.3 Å². The Hall–Kier alpha value is -3.08. The van der Waals surface area contributed by atoms with E-state index in [-0.39, 0.29) is 0 Å². The number of methoxy groups -OCH3 is 1. The molecule has 1 unspecified atom stereocenters. The molecule has 1 aromatic heterocycles. The highest BCUT2D eigenvalue weighted by Crippen LogP contribution is 2.25. The Balaban J connectivity index is 1.96. The molecule has 0 spiro atoms. The molecule has 0 aliphatic heterocycles. The van der Waals surface area contributed by atoms with Crippen molar-refractivity contribution in [2.75, 3.05) is 17.7 Å². The average Bonchev–Trinajstić information content (AvgIpc) is 2.68. The fourth-order valence-electron chi connectivity index (χ4n) is 2.50. The molecule has 0 amide bonds. The van der Waals surface area contributed by atoms with Crippen LogP contribution in [0.3, 0.4) is 0 Å². The minimum absolute atomic E-state index is 0.332. The van der Waals surface area contributed by atoms with Gasteiger partial charge in [0.1, 0.15) is 17.4 Å². The van der Waals surface area contributed by atoms with E-state index < -0.39 is 0 Å². The fraction of sp³-hybridized carbons (Fsp3) is 0.238. The number of hydrogen-bond acceptors (Lipinski definition) is 5. The second-order valence-electron chi connectivity index (χ2n) is 6.14. The summed E-state index contributed by atoms with van der Waals surface area (Å²) >= 11 is 0. The summed E-state index contributed by atoms with van der Waals surface area (Å²) in [6.45, 7) is 4.28.